The van der Waals surface area contributed by atoms with Crippen molar-refractivity contribution in [1.82, 2.24) is 0 Å². The molecule has 0 aliphatic heterocycles. The second-order valence-electron chi connectivity index (χ2n) is 3.91. The summed E-state index contributed by atoms with van der Waals surface area (Å²) in [6, 6.07) is 6.25. The zero-order chi connectivity index (χ0) is 13.1. The summed E-state index contributed by atoms with van der Waals surface area (Å²) in [5, 5.41) is 0. The molecule has 0 saturated heterocycles. The largest absolute Gasteiger partial charge is 0.573 e. The first kappa shape index (κ1) is 13.7. The van der Waals surface area contributed by atoms with Crippen LogP contribution in [0.1, 0.15) is 20.3 Å². The third-order valence-corrected chi connectivity index (χ3v) is 2.71. The van der Waals surface area contributed by atoms with E-state index in [-0.39, 0.29) is 11.8 Å². The van der Waals surface area contributed by atoms with E-state index in [1.807, 2.05) is 25.8 Å². The Morgan fingerprint density at radius 2 is 2.00 bits per heavy atom. The molecule has 2 nitrogen and oxygen atoms in total. The molecule has 0 saturated carbocycles. The van der Waals surface area contributed by atoms with Crippen molar-refractivity contribution >= 4 is 5.69 Å². The minimum Gasteiger partial charge on any atom is -0.406 e. The first-order valence-corrected chi connectivity index (χ1v) is 5.42. The van der Waals surface area contributed by atoms with E-state index < -0.39 is 6.36 Å². The zero-order valence-electron chi connectivity index (χ0n) is 10.1. The fraction of sp³-hybridized carbons (Fsp3) is 0.500. The summed E-state index contributed by atoms with van der Waals surface area (Å²) in [6.45, 7) is 4.04. The fourth-order valence-corrected chi connectivity index (χ4v) is 1.43. The van der Waals surface area contributed by atoms with Gasteiger partial charge >= 0.3 is 6.36 Å². The number of benzene rings is 1. The van der Waals surface area contributed by atoms with Crippen LogP contribution >= 0.6 is 0 Å². The molecular formula is C12H16F3NO. The maximum atomic E-state index is 12.1. The van der Waals surface area contributed by atoms with E-state index >= 15 is 0 Å². The maximum Gasteiger partial charge on any atom is 0.573 e. The lowest BCUT2D eigenvalue weighted by atomic mass is 10.2. The Hall–Kier alpha value is -1.39. The van der Waals surface area contributed by atoms with Crippen LogP contribution in [0.25, 0.3) is 0 Å². The molecule has 1 aromatic rings. The molecule has 0 aliphatic carbocycles. The smallest absolute Gasteiger partial charge is 0.406 e. The van der Waals surface area contributed by atoms with Crippen LogP contribution in [0.3, 0.4) is 0 Å². The Bertz CT molecular complexity index is 365. The fourth-order valence-electron chi connectivity index (χ4n) is 1.43. The second-order valence-corrected chi connectivity index (χ2v) is 3.91. The van der Waals surface area contributed by atoms with Gasteiger partial charge in [0.05, 0.1) is 0 Å². The maximum absolute atomic E-state index is 12.1. The van der Waals surface area contributed by atoms with Gasteiger partial charge in [-0.1, -0.05) is 13.0 Å². The highest BCUT2D eigenvalue weighted by atomic mass is 19.4. The Kier molecular flexibility index (Phi) is 4.26. The number of hydrogen-bond donors (Lipinski definition) is 0. The monoisotopic (exact) mass is 247 g/mol. The zero-order valence-corrected chi connectivity index (χ0v) is 10.1. The Balaban J connectivity index is 2.86. The van der Waals surface area contributed by atoms with Crippen molar-refractivity contribution in [3.63, 3.8) is 0 Å². The van der Waals surface area contributed by atoms with E-state index in [9.17, 15) is 13.2 Å². The van der Waals surface area contributed by atoms with Gasteiger partial charge in [0.2, 0.25) is 0 Å². The Labute approximate surface area is 99.0 Å². The summed E-state index contributed by atoms with van der Waals surface area (Å²) in [4.78, 5) is 1.92. The van der Waals surface area contributed by atoms with Gasteiger partial charge in [0.15, 0.2) is 0 Å². The summed E-state index contributed by atoms with van der Waals surface area (Å²) in [5.41, 5.74) is 0.709. The van der Waals surface area contributed by atoms with Crippen molar-refractivity contribution in [2.45, 2.75) is 32.7 Å². The molecule has 0 spiro atoms. The quantitative estimate of drug-likeness (QED) is 0.802. The average molecular weight is 247 g/mol. The van der Waals surface area contributed by atoms with E-state index in [0.29, 0.717) is 5.69 Å². The molecule has 96 valence electrons. The molecular weight excluding hydrogens is 231 g/mol. The summed E-state index contributed by atoms with van der Waals surface area (Å²) in [6.07, 6.45) is -3.73. The van der Waals surface area contributed by atoms with Crippen molar-refractivity contribution in [3.05, 3.63) is 24.3 Å². The first-order valence-electron chi connectivity index (χ1n) is 5.42. The Morgan fingerprint density at radius 1 is 1.35 bits per heavy atom. The molecule has 0 N–H and O–H groups in total. The number of alkyl halides is 3. The second kappa shape index (κ2) is 5.29. The molecule has 1 atom stereocenters. The van der Waals surface area contributed by atoms with Gasteiger partial charge in [0.1, 0.15) is 5.75 Å². The predicted octanol–water partition coefficient (Wildman–Crippen LogP) is 3.82. The molecule has 1 rings (SSSR count). The van der Waals surface area contributed by atoms with Gasteiger partial charge in [-0.15, -0.1) is 13.2 Å². The van der Waals surface area contributed by atoms with Crippen molar-refractivity contribution in [2.24, 2.45) is 0 Å². The molecule has 5 heteroatoms. The normalized spacial score (nSPS) is 13.3. The minimum atomic E-state index is -4.65. The summed E-state index contributed by atoms with van der Waals surface area (Å²) in [7, 11) is 1.85. The van der Waals surface area contributed by atoms with E-state index in [1.165, 1.54) is 12.1 Å². The summed E-state index contributed by atoms with van der Waals surface area (Å²) in [5.74, 6) is -0.190. The number of anilines is 1. The third kappa shape index (κ3) is 4.17. The standard InChI is InChI=1S/C12H16F3NO/c1-4-9(2)16(3)10-6-5-7-11(8-10)17-12(13,14)15/h5-9H,4H2,1-3H3. The van der Waals surface area contributed by atoms with Crippen LogP contribution in [0.5, 0.6) is 5.75 Å². The van der Waals surface area contributed by atoms with Gasteiger partial charge < -0.3 is 9.64 Å². The van der Waals surface area contributed by atoms with Crippen molar-refractivity contribution in [1.29, 1.82) is 0 Å². The molecule has 1 unspecified atom stereocenters. The van der Waals surface area contributed by atoms with Gasteiger partial charge in [-0.05, 0) is 25.5 Å². The average Bonchev–Trinajstić information content (AvgIpc) is 2.25. The number of rotatable bonds is 4. The summed E-state index contributed by atoms with van der Waals surface area (Å²) < 4.78 is 40.1. The SMILES string of the molecule is CCC(C)N(C)c1cccc(OC(F)(F)F)c1. The van der Waals surface area contributed by atoms with Crippen molar-refractivity contribution in [2.75, 3.05) is 11.9 Å². The molecule has 0 bridgehead atoms. The molecule has 0 heterocycles. The van der Waals surface area contributed by atoms with Crippen LogP contribution in [0.2, 0.25) is 0 Å². The van der Waals surface area contributed by atoms with Crippen LogP contribution in [-0.4, -0.2) is 19.5 Å². The first-order chi connectivity index (χ1) is 7.83. The minimum absolute atomic E-state index is 0.190. The van der Waals surface area contributed by atoms with E-state index in [0.717, 1.165) is 6.42 Å². The lowest BCUT2D eigenvalue weighted by molar-refractivity contribution is -0.274. The number of halogens is 3. The number of hydrogen-bond acceptors (Lipinski definition) is 2. The molecule has 1 aromatic carbocycles. The molecule has 0 aromatic heterocycles. The predicted molar refractivity (Wildman–Crippen MR) is 61.3 cm³/mol. The van der Waals surface area contributed by atoms with Gasteiger partial charge in [0.25, 0.3) is 0 Å². The molecule has 0 fully saturated rings. The van der Waals surface area contributed by atoms with E-state index in [4.69, 9.17) is 0 Å². The van der Waals surface area contributed by atoms with Crippen LogP contribution in [-0.2, 0) is 0 Å². The molecule has 0 amide bonds. The molecule has 0 aliphatic rings. The topological polar surface area (TPSA) is 12.5 Å². The lowest BCUT2D eigenvalue weighted by Gasteiger charge is -2.26. The van der Waals surface area contributed by atoms with E-state index in [1.54, 1.807) is 12.1 Å². The van der Waals surface area contributed by atoms with Crippen LogP contribution in [0.15, 0.2) is 24.3 Å². The van der Waals surface area contributed by atoms with Gasteiger partial charge in [-0.25, -0.2) is 0 Å². The van der Waals surface area contributed by atoms with Crippen molar-refractivity contribution in [3.8, 4) is 5.75 Å². The number of ether oxygens (including phenoxy) is 1. The lowest BCUT2D eigenvalue weighted by Crippen LogP contribution is -2.28. The van der Waals surface area contributed by atoms with Gasteiger partial charge in [-0.3, -0.25) is 0 Å². The third-order valence-electron chi connectivity index (χ3n) is 2.71. The highest BCUT2D eigenvalue weighted by Gasteiger charge is 2.31. The van der Waals surface area contributed by atoms with Crippen molar-refractivity contribution < 1.29 is 17.9 Å². The van der Waals surface area contributed by atoms with E-state index in [2.05, 4.69) is 4.74 Å². The molecule has 17 heavy (non-hydrogen) atoms. The Morgan fingerprint density at radius 3 is 2.53 bits per heavy atom. The summed E-state index contributed by atoms with van der Waals surface area (Å²) >= 11 is 0. The van der Waals surface area contributed by atoms with Gasteiger partial charge in [0, 0.05) is 24.8 Å². The highest BCUT2D eigenvalue weighted by molar-refractivity contribution is 5.50. The van der Waals surface area contributed by atoms with Crippen LogP contribution < -0.4 is 9.64 Å². The molecule has 0 radical (unpaired) electrons. The number of nitrogens with zero attached hydrogens (tertiary/aromatic N) is 1. The highest BCUT2D eigenvalue weighted by Crippen LogP contribution is 2.27. The van der Waals surface area contributed by atoms with Crippen LogP contribution in [0.4, 0.5) is 18.9 Å². The van der Waals surface area contributed by atoms with Gasteiger partial charge in [-0.2, -0.15) is 0 Å². The van der Waals surface area contributed by atoms with Crippen LogP contribution in [0, 0.1) is 0 Å².